The van der Waals surface area contributed by atoms with Crippen LogP contribution in [-0.2, 0) is 6.42 Å². The Morgan fingerprint density at radius 3 is 2.59 bits per heavy atom. The molecule has 9 heteroatoms. The third kappa shape index (κ3) is 3.65. The number of amides is 3. The van der Waals surface area contributed by atoms with Gasteiger partial charge in [0.1, 0.15) is 5.00 Å². The van der Waals surface area contributed by atoms with E-state index >= 15 is 0 Å². The summed E-state index contributed by atoms with van der Waals surface area (Å²) in [6.45, 7) is 0. The van der Waals surface area contributed by atoms with Crippen molar-refractivity contribution in [3.8, 4) is 0 Å². The molecule has 1 aromatic heterocycles. The smallest absolute Gasteiger partial charge is 0.324 e. The Morgan fingerprint density at radius 2 is 1.93 bits per heavy atom. The van der Waals surface area contributed by atoms with E-state index in [4.69, 9.17) is 17.3 Å². The summed E-state index contributed by atoms with van der Waals surface area (Å²) in [6, 6.07) is 7.16. The van der Waals surface area contributed by atoms with Crippen LogP contribution in [-0.4, -0.2) is 29.9 Å². The number of nitrogens with zero attached hydrogens (tertiary/aromatic N) is 1. The minimum atomic E-state index is -0.492. The molecular weight excluding hydrogens is 407 g/mol. The van der Waals surface area contributed by atoms with Crippen molar-refractivity contribution in [2.24, 2.45) is 5.73 Å². The first-order valence-electron chi connectivity index (χ1n) is 8.45. The van der Waals surface area contributed by atoms with Gasteiger partial charge in [-0.15, -0.1) is 23.7 Å². The molecule has 27 heavy (non-hydrogen) atoms. The summed E-state index contributed by atoms with van der Waals surface area (Å²) < 4.78 is 0. The lowest BCUT2D eigenvalue weighted by Gasteiger charge is -2.31. The SMILES string of the molecule is CN1C2CCC1c1sc(NC(=O)Nc3ccc(Cl)cc3)c(C(N)=O)c1C2.Cl. The van der Waals surface area contributed by atoms with Crippen molar-refractivity contribution in [3.63, 3.8) is 0 Å². The van der Waals surface area contributed by atoms with E-state index < -0.39 is 11.9 Å². The summed E-state index contributed by atoms with van der Waals surface area (Å²) in [4.78, 5) is 28.0. The Bertz CT molecular complexity index is 884. The van der Waals surface area contributed by atoms with Crippen molar-refractivity contribution in [3.05, 3.63) is 45.3 Å². The van der Waals surface area contributed by atoms with E-state index in [2.05, 4.69) is 22.6 Å². The number of carbonyl (C=O) groups excluding carboxylic acids is 2. The molecule has 0 aliphatic carbocycles. The van der Waals surface area contributed by atoms with Gasteiger partial charge in [0, 0.05) is 27.7 Å². The molecule has 2 aliphatic heterocycles. The first kappa shape index (κ1) is 19.9. The van der Waals surface area contributed by atoms with Gasteiger partial charge < -0.3 is 11.1 Å². The zero-order valence-corrected chi connectivity index (χ0v) is 17.0. The monoisotopic (exact) mass is 426 g/mol. The summed E-state index contributed by atoms with van der Waals surface area (Å²) >= 11 is 7.31. The van der Waals surface area contributed by atoms with Crippen molar-refractivity contribution in [2.45, 2.75) is 31.3 Å². The first-order valence-corrected chi connectivity index (χ1v) is 9.64. The van der Waals surface area contributed by atoms with Crippen molar-refractivity contribution in [2.75, 3.05) is 17.7 Å². The molecular formula is C18H20Cl2N4O2S. The molecule has 0 saturated carbocycles. The van der Waals surface area contributed by atoms with E-state index in [1.165, 1.54) is 11.3 Å². The van der Waals surface area contributed by atoms with Gasteiger partial charge in [0.2, 0.25) is 0 Å². The predicted molar refractivity (Wildman–Crippen MR) is 111 cm³/mol. The highest BCUT2D eigenvalue weighted by Crippen LogP contribution is 2.49. The predicted octanol–water partition coefficient (Wildman–Crippen LogP) is 4.26. The Balaban J connectivity index is 0.00000210. The number of carbonyl (C=O) groups is 2. The van der Waals surface area contributed by atoms with E-state index in [0.29, 0.717) is 33.4 Å². The second-order valence-electron chi connectivity index (χ2n) is 6.72. The zero-order valence-electron chi connectivity index (χ0n) is 14.6. The summed E-state index contributed by atoms with van der Waals surface area (Å²) in [5.74, 6) is -0.492. The lowest BCUT2D eigenvalue weighted by molar-refractivity contribution is 0.0999. The van der Waals surface area contributed by atoms with E-state index in [0.717, 1.165) is 29.7 Å². The summed E-state index contributed by atoms with van der Waals surface area (Å²) in [6.07, 6.45) is 3.00. The molecule has 144 valence electrons. The molecule has 1 saturated heterocycles. The van der Waals surface area contributed by atoms with E-state index in [9.17, 15) is 9.59 Å². The van der Waals surface area contributed by atoms with Gasteiger partial charge >= 0.3 is 6.03 Å². The van der Waals surface area contributed by atoms with E-state index in [1.807, 2.05) is 0 Å². The van der Waals surface area contributed by atoms with Gasteiger partial charge in [-0.25, -0.2) is 4.79 Å². The molecule has 3 amide bonds. The third-order valence-electron chi connectivity index (χ3n) is 5.20. The first-order chi connectivity index (χ1) is 12.4. The van der Waals surface area contributed by atoms with Crippen molar-refractivity contribution in [1.29, 1.82) is 0 Å². The fourth-order valence-corrected chi connectivity index (χ4v) is 5.46. The lowest BCUT2D eigenvalue weighted by atomic mass is 9.97. The van der Waals surface area contributed by atoms with Gasteiger partial charge in [0.15, 0.2) is 0 Å². The second kappa shape index (κ2) is 7.67. The quantitative estimate of drug-likeness (QED) is 0.684. The minimum Gasteiger partial charge on any atom is -0.365 e. The summed E-state index contributed by atoms with van der Waals surface area (Å²) in [5.41, 5.74) is 7.73. The summed E-state index contributed by atoms with van der Waals surface area (Å²) in [5, 5.41) is 6.66. The van der Waals surface area contributed by atoms with Gasteiger partial charge in [0.25, 0.3) is 5.91 Å². The highest BCUT2D eigenvalue weighted by atomic mass is 35.5. The van der Waals surface area contributed by atoms with Crippen molar-refractivity contribution < 1.29 is 9.59 Å². The minimum absolute atomic E-state index is 0. The average molecular weight is 427 g/mol. The number of anilines is 2. The second-order valence-corrected chi connectivity index (χ2v) is 8.20. The Hall–Kier alpha value is -1.80. The number of hydrogen-bond acceptors (Lipinski definition) is 4. The molecule has 6 nitrogen and oxygen atoms in total. The van der Waals surface area contributed by atoms with Gasteiger partial charge in [0.05, 0.1) is 5.56 Å². The van der Waals surface area contributed by atoms with Crippen LogP contribution in [0.4, 0.5) is 15.5 Å². The number of rotatable bonds is 3. The van der Waals surface area contributed by atoms with Crippen LogP contribution in [0.5, 0.6) is 0 Å². The number of urea groups is 1. The Kier molecular flexibility index (Phi) is 5.67. The van der Waals surface area contributed by atoms with Gasteiger partial charge in [-0.05, 0) is 56.1 Å². The van der Waals surface area contributed by atoms with Gasteiger partial charge in [-0.3, -0.25) is 15.0 Å². The van der Waals surface area contributed by atoms with Gasteiger partial charge in [-0.1, -0.05) is 11.6 Å². The van der Waals surface area contributed by atoms with Crippen molar-refractivity contribution >= 4 is 58.0 Å². The molecule has 2 bridgehead atoms. The zero-order chi connectivity index (χ0) is 18.4. The van der Waals surface area contributed by atoms with E-state index in [1.54, 1.807) is 24.3 Å². The van der Waals surface area contributed by atoms with Crippen LogP contribution >= 0.6 is 35.3 Å². The molecule has 1 aromatic carbocycles. The Morgan fingerprint density at radius 1 is 1.22 bits per heavy atom. The molecule has 2 atom stereocenters. The van der Waals surface area contributed by atoms with Crippen LogP contribution < -0.4 is 16.4 Å². The van der Waals surface area contributed by atoms with Crippen LogP contribution in [0.25, 0.3) is 0 Å². The molecule has 2 unspecified atom stereocenters. The van der Waals surface area contributed by atoms with Crippen LogP contribution in [0, 0.1) is 0 Å². The maximum Gasteiger partial charge on any atom is 0.324 e. The molecule has 3 heterocycles. The number of fused-ring (bicyclic) bond motifs is 4. The molecule has 2 aromatic rings. The molecule has 0 spiro atoms. The van der Waals surface area contributed by atoms with E-state index in [-0.39, 0.29) is 12.4 Å². The number of benzene rings is 1. The summed E-state index contributed by atoms with van der Waals surface area (Å²) in [7, 11) is 2.12. The number of thiophene rings is 1. The molecule has 4 N–H and O–H groups in total. The van der Waals surface area contributed by atoms with Crippen LogP contribution in [0.2, 0.25) is 5.02 Å². The van der Waals surface area contributed by atoms with Crippen LogP contribution in [0.15, 0.2) is 24.3 Å². The standard InChI is InChI=1S/C18H19ClN4O2S.ClH/c1-23-11-6-7-13(23)15-12(8-11)14(16(20)24)17(26-15)22-18(25)21-10-4-2-9(19)3-5-10;/h2-5,11,13H,6-8H2,1H3,(H2,20,24)(H2,21,22,25);1H. The number of nitrogens with one attached hydrogen (secondary N) is 2. The van der Waals surface area contributed by atoms with Crippen molar-refractivity contribution in [1.82, 2.24) is 4.90 Å². The molecule has 0 radical (unpaired) electrons. The van der Waals surface area contributed by atoms with Gasteiger partial charge in [-0.2, -0.15) is 0 Å². The lowest BCUT2D eigenvalue weighted by Crippen LogP contribution is -2.34. The average Bonchev–Trinajstić information content (AvgIpc) is 3.05. The van der Waals surface area contributed by atoms with Crippen LogP contribution in [0.3, 0.4) is 0 Å². The molecule has 1 fully saturated rings. The third-order valence-corrected chi connectivity index (χ3v) is 6.70. The number of primary amides is 1. The maximum absolute atomic E-state index is 12.4. The molecule has 4 rings (SSSR count). The highest BCUT2D eigenvalue weighted by Gasteiger charge is 2.41. The topological polar surface area (TPSA) is 87.5 Å². The largest absolute Gasteiger partial charge is 0.365 e. The number of likely N-dealkylation sites (N-methyl/N-ethyl adjacent to an activating group) is 1. The highest BCUT2D eigenvalue weighted by molar-refractivity contribution is 7.17. The Labute approximate surface area is 172 Å². The number of hydrogen-bond donors (Lipinski definition) is 3. The number of halogens is 2. The fraction of sp³-hybridized carbons (Fsp3) is 0.333. The van der Waals surface area contributed by atoms with Crippen LogP contribution in [0.1, 0.15) is 39.7 Å². The number of nitrogens with two attached hydrogens (primary N) is 1. The maximum atomic E-state index is 12.4. The fourth-order valence-electron chi connectivity index (χ4n) is 3.91. The normalized spacial score (nSPS) is 20.5. The molecule has 2 aliphatic rings.